The molecule has 1 saturated heterocycles. The molecule has 1 atom stereocenters. The molecule has 94 valence electrons. The van der Waals surface area contributed by atoms with Crippen LogP contribution in [0.15, 0.2) is 0 Å². The van der Waals surface area contributed by atoms with Crippen molar-refractivity contribution in [3.63, 3.8) is 0 Å². The molecule has 1 heterocycles. The lowest BCUT2D eigenvalue weighted by molar-refractivity contribution is -0.137. The van der Waals surface area contributed by atoms with Crippen molar-refractivity contribution in [2.24, 2.45) is 0 Å². The summed E-state index contributed by atoms with van der Waals surface area (Å²) in [6, 6.07) is 0.346. The van der Waals surface area contributed by atoms with Gasteiger partial charge < -0.3 is 10.0 Å². The normalized spacial score (nSPS) is 27.6. The van der Waals surface area contributed by atoms with E-state index in [-0.39, 0.29) is 12.0 Å². The quantitative estimate of drug-likeness (QED) is 0.790. The summed E-state index contributed by atoms with van der Waals surface area (Å²) in [6.45, 7) is 6.52. The van der Waals surface area contributed by atoms with Gasteiger partial charge in [-0.15, -0.1) is 0 Å². The molecule has 0 bridgehead atoms. The van der Waals surface area contributed by atoms with Gasteiger partial charge in [-0.2, -0.15) is 0 Å². The molecular formula is C12H24N2O2. The number of hydrogen-bond acceptors (Lipinski definition) is 3. The highest BCUT2D eigenvalue weighted by atomic mass is 16.4. The first-order chi connectivity index (χ1) is 7.33. The van der Waals surface area contributed by atoms with Gasteiger partial charge in [-0.3, -0.25) is 9.69 Å². The van der Waals surface area contributed by atoms with Crippen LogP contribution in [0, 0.1) is 0 Å². The van der Waals surface area contributed by atoms with Gasteiger partial charge in [0.15, 0.2) is 0 Å². The Morgan fingerprint density at radius 2 is 2.06 bits per heavy atom. The van der Waals surface area contributed by atoms with Gasteiger partial charge in [-0.05, 0) is 47.3 Å². The third-order valence-corrected chi connectivity index (χ3v) is 3.82. The fraction of sp³-hybridized carbons (Fsp3) is 0.917. The first kappa shape index (κ1) is 13.5. The lowest BCUT2D eigenvalue weighted by atomic mass is 9.97. The minimum Gasteiger partial charge on any atom is -0.481 e. The van der Waals surface area contributed by atoms with Crippen molar-refractivity contribution in [1.82, 2.24) is 9.80 Å². The standard InChI is InChI=1S/C12H24N2O2/c1-12(2)7-8-13(3)9-10(14(12)4)5-6-11(15)16/h10H,5-9H2,1-4H3,(H,15,16). The maximum Gasteiger partial charge on any atom is 0.303 e. The average Bonchev–Trinajstić information content (AvgIpc) is 2.27. The van der Waals surface area contributed by atoms with E-state index >= 15 is 0 Å². The third kappa shape index (κ3) is 3.46. The minimum absolute atomic E-state index is 0.161. The summed E-state index contributed by atoms with van der Waals surface area (Å²) in [5.74, 6) is -0.696. The van der Waals surface area contributed by atoms with E-state index in [9.17, 15) is 4.79 Å². The summed E-state index contributed by atoms with van der Waals surface area (Å²) < 4.78 is 0. The van der Waals surface area contributed by atoms with Gasteiger partial charge in [-0.1, -0.05) is 0 Å². The molecule has 1 rings (SSSR count). The van der Waals surface area contributed by atoms with Crippen LogP contribution in [-0.2, 0) is 4.79 Å². The van der Waals surface area contributed by atoms with Gasteiger partial charge in [0.2, 0.25) is 0 Å². The SMILES string of the molecule is CN1CCC(C)(C)N(C)C(CCC(=O)O)C1. The highest BCUT2D eigenvalue weighted by Crippen LogP contribution is 2.25. The molecule has 0 saturated carbocycles. The number of nitrogens with zero attached hydrogens (tertiary/aromatic N) is 2. The van der Waals surface area contributed by atoms with E-state index in [1.807, 2.05) is 0 Å². The van der Waals surface area contributed by atoms with Crippen molar-refractivity contribution >= 4 is 5.97 Å². The zero-order chi connectivity index (χ0) is 12.3. The summed E-state index contributed by atoms with van der Waals surface area (Å²) in [4.78, 5) is 15.3. The summed E-state index contributed by atoms with van der Waals surface area (Å²) >= 11 is 0. The van der Waals surface area contributed by atoms with Crippen molar-refractivity contribution in [2.75, 3.05) is 27.2 Å². The Hall–Kier alpha value is -0.610. The Morgan fingerprint density at radius 3 is 2.62 bits per heavy atom. The molecule has 0 radical (unpaired) electrons. The average molecular weight is 228 g/mol. The van der Waals surface area contributed by atoms with Gasteiger partial charge in [0.1, 0.15) is 0 Å². The highest BCUT2D eigenvalue weighted by molar-refractivity contribution is 5.66. The topological polar surface area (TPSA) is 43.8 Å². The second-order valence-corrected chi connectivity index (χ2v) is 5.52. The van der Waals surface area contributed by atoms with Crippen LogP contribution in [0.2, 0.25) is 0 Å². The predicted octanol–water partition coefficient (Wildman–Crippen LogP) is 1.27. The molecule has 0 aromatic heterocycles. The molecule has 0 aromatic rings. The lowest BCUT2D eigenvalue weighted by Crippen LogP contribution is -2.48. The molecule has 0 aromatic carbocycles. The second kappa shape index (κ2) is 5.15. The van der Waals surface area contributed by atoms with Gasteiger partial charge in [-0.25, -0.2) is 0 Å². The third-order valence-electron chi connectivity index (χ3n) is 3.82. The number of carboxylic acids is 1. The number of carbonyl (C=O) groups is 1. The maximum absolute atomic E-state index is 10.6. The maximum atomic E-state index is 10.6. The smallest absolute Gasteiger partial charge is 0.303 e. The molecule has 0 spiro atoms. The van der Waals surface area contributed by atoms with Crippen LogP contribution >= 0.6 is 0 Å². The predicted molar refractivity (Wildman–Crippen MR) is 64.6 cm³/mol. The monoisotopic (exact) mass is 228 g/mol. The fourth-order valence-electron chi connectivity index (χ4n) is 2.28. The van der Waals surface area contributed by atoms with E-state index in [0.717, 1.165) is 25.9 Å². The minimum atomic E-state index is -0.696. The molecule has 16 heavy (non-hydrogen) atoms. The van der Waals surface area contributed by atoms with Crippen LogP contribution in [-0.4, -0.2) is 59.6 Å². The number of aliphatic carboxylic acids is 1. The fourth-order valence-corrected chi connectivity index (χ4v) is 2.28. The number of hydrogen-bond donors (Lipinski definition) is 1. The molecule has 1 N–H and O–H groups in total. The molecule has 1 aliphatic heterocycles. The summed E-state index contributed by atoms with van der Waals surface area (Å²) in [7, 11) is 4.23. The Kier molecular flexibility index (Phi) is 4.33. The van der Waals surface area contributed by atoms with E-state index in [1.165, 1.54) is 0 Å². The van der Waals surface area contributed by atoms with Gasteiger partial charge in [0, 0.05) is 24.5 Å². The van der Waals surface area contributed by atoms with Crippen LogP contribution in [0.4, 0.5) is 0 Å². The molecule has 4 nitrogen and oxygen atoms in total. The molecule has 1 unspecified atom stereocenters. The Balaban J connectivity index is 2.67. The van der Waals surface area contributed by atoms with Gasteiger partial charge in [0.05, 0.1) is 0 Å². The van der Waals surface area contributed by atoms with Crippen molar-refractivity contribution in [1.29, 1.82) is 0 Å². The molecule has 4 heteroatoms. The molecule has 0 aliphatic carbocycles. The number of rotatable bonds is 3. The molecular weight excluding hydrogens is 204 g/mol. The highest BCUT2D eigenvalue weighted by Gasteiger charge is 2.33. The van der Waals surface area contributed by atoms with Crippen LogP contribution in [0.3, 0.4) is 0 Å². The van der Waals surface area contributed by atoms with Gasteiger partial charge in [0.25, 0.3) is 0 Å². The zero-order valence-corrected chi connectivity index (χ0v) is 10.9. The molecule has 1 aliphatic rings. The summed E-state index contributed by atoms with van der Waals surface area (Å²) in [5, 5.41) is 8.76. The van der Waals surface area contributed by atoms with E-state index in [4.69, 9.17) is 5.11 Å². The van der Waals surface area contributed by atoms with E-state index < -0.39 is 5.97 Å². The summed E-state index contributed by atoms with van der Waals surface area (Å²) in [6.07, 6.45) is 2.13. The van der Waals surface area contributed by atoms with Crippen LogP contribution in [0.25, 0.3) is 0 Å². The van der Waals surface area contributed by atoms with Crippen molar-refractivity contribution in [3.8, 4) is 0 Å². The van der Waals surface area contributed by atoms with Crippen molar-refractivity contribution in [2.45, 2.75) is 44.7 Å². The Labute approximate surface area is 98.2 Å². The lowest BCUT2D eigenvalue weighted by Gasteiger charge is -2.39. The van der Waals surface area contributed by atoms with E-state index in [2.05, 4.69) is 37.7 Å². The second-order valence-electron chi connectivity index (χ2n) is 5.52. The van der Waals surface area contributed by atoms with E-state index in [0.29, 0.717) is 6.04 Å². The van der Waals surface area contributed by atoms with Gasteiger partial charge >= 0.3 is 5.97 Å². The first-order valence-electron chi connectivity index (χ1n) is 5.96. The molecule has 0 amide bonds. The van der Waals surface area contributed by atoms with Crippen LogP contribution in [0.5, 0.6) is 0 Å². The number of carboxylic acid groups (broad SMARTS) is 1. The van der Waals surface area contributed by atoms with Crippen molar-refractivity contribution < 1.29 is 9.90 Å². The largest absolute Gasteiger partial charge is 0.481 e. The molecule has 1 fully saturated rings. The Morgan fingerprint density at radius 1 is 1.44 bits per heavy atom. The summed E-state index contributed by atoms with van der Waals surface area (Å²) in [5.41, 5.74) is 0.161. The number of likely N-dealkylation sites (N-methyl/N-ethyl adjacent to an activating group) is 2. The van der Waals surface area contributed by atoms with Crippen LogP contribution in [0.1, 0.15) is 33.1 Å². The first-order valence-corrected chi connectivity index (χ1v) is 5.96. The van der Waals surface area contributed by atoms with E-state index in [1.54, 1.807) is 0 Å². The zero-order valence-electron chi connectivity index (χ0n) is 10.9. The Bertz CT molecular complexity index is 253. The van der Waals surface area contributed by atoms with Crippen LogP contribution < -0.4 is 0 Å². The van der Waals surface area contributed by atoms with Crippen molar-refractivity contribution in [3.05, 3.63) is 0 Å².